The van der Waals surface area contributed by atoms with Crippen LogP contribution in [0.1, 0.15) is 43.9 Å². The van der Waals surface area contributed by atoms with E-state index in [1.807, 2.05) is 44.2 Å². The number of rotatable bonds is 8. The Hall–Kier alpha value is -3.39. The van der Waals surface area contributed by atoms with Gasteiger partial charge in [-0.3, -0.25) is 4.79 Å². The fourth-order valence-electron chi connectivity index (χ4n) is 4.05. The van der Waals surface area contributed by atoms with Crippen molar-refractivity contribution in [3.63, 3.8) is 0 Å². The van der Waals surface area contributed by atoms with E-state index in [0.717, 1.165) is 16.0 Å². The number of carbonyl (C=O) groups is 3. The Kier molecular flexibility index (Phi) is 8.22. The third-order valence-electron chi connectivity index (χ3n) is 5.78. The van der Waals surface area contributed by atoms with Gasteiger partial charge in [-0.05, 0) is 36.0 Å². The number of nitrogens with zero attached hydrogens (tertiary/aromatic N) is 3. The molecule has 2 aromatic carbocycles. The Morgan fingerprint density at radius 3 is 2.24 bits per heavy atom. The van der Waals surface area contributed by atoms with Gasteiger partial charge in [0.2, 0.25) is 0 Å². The first-order valence-electron chi connectivity index (χ1n) is 10.5. The van der Waals surface area contributed by atoms with Crippen LogP contribution in [0.3, 0.4) is 0 Å². The van der Waals surface area contributed by atoms with Gasteiger partial charge >= 0.3 is 12.0 Å². The number of carboxylic acids is 1. The molecular weight excluding hydrogens is 444 g/mol. The van der Waals surface area contributed by atoms with Crippen molar-refractivity contribution < 1.29 is 19.5 Å². The van der Waals surface area contributed by atoms with Crippen molar-refractivity contribution in [1.29, 1.82) is 0 Å². The van der Waals surface area contributed by atoms with Crippen LogP contribution in [0.15, 0.2) is 59.7 Å². The standard InChI is InChI=1S/C24H28N4O4.ClH/c1-16(2)13-20(21(29)30)28-22(31)24(3,19-11-9-17(10-12-19)14-26-25)27(23(28)32)15-18-7-5-4-6-8-18;/h4-12,14,16,20H,13,15,25H2,1-3H3,(H,29,30);1H/t20-,24+;/m1./s1. The SMILES string of the molecule is CC(C)C[C@H](C(=O)O)N1C(=O)N(Cc2ccccc2)[C@@](C)(c2ccc(C=NN)cc2)C1=O.Cl. The van der Waals surface area contributed by atoms with Crippen molar-refractivity contribution in [2.24, 2.45) is 16.9 Å². The van der Waals surface area contributed by atoms with E-state index in [9.17, 15) is 19.5 Å². The third kappa shape index (κ3) is 5.01. The zero-order valence-corrected chi connectivity index (χ0v) is 19.7. The first-order valence-corrected chi connectivity index (χ1v) is 10.5. The van der Waals surface area contributed by atoms with Crippen molar-refractivity contribution in [3.8, 4) is 0 Å². The van der Waals surface area contributed by atoms with E-state index in [0.29, 0.717) is 5.56 Å². The molecule has 1 heterocycles. The minimum Gasteiger partial charge on any atom is -0.480 e. The zero-order valence-electron chi connectivity index (χ0n) is 18.8. The van der Waals surface area contributed by atoms with Gasteiger partial charge in [-0.1, -0.05) is 68.4 Å². The van der Waals surface area contributed by atoms with E-state index >= 15 is 0 Å². The summed E-state index contributed by atoms with van der Waals surface area (Å²) in [6.07, 6.45) is 1.65. The molecule has 2 atom stereocenters. The number of aliphatic carboxylic acids is 1. The molecule has 2 aromatic rings. The zero-order chi connectivity index (χ0) is 23.5. The van der Waals surface area contributed by atoms with Crippen molar-refractivity contribution in [2.75, 3.05) is 0 Å². The highest BCUT2D eigenvalue weighted by Crippen LogP contribution is 2.40. The van der Waals surface area contributed by atoms with Crippen LogP contribution in [-0.2, 0) is 21.7 Å². The van der Waals surface area contributed by atoms with E-state index < -0.39 is 29.5 Å². The largest absolute Gasteiger partial charge is 0.480 e. The number of urea groups is 1. The average molecular weight is 473 g/mol. The molecule has 1 aliphatic heterocycles. The summed E-state index contributed by atoms with van der Waals surface area (Å²) in [6.45, 7) is 5.55. The molecule has 1 fully saturated rings. The van der Waals surface area contributed by atoms with E-state index in [1.54, 1.807) is 31.2 Å². The number of amides is 3. The van der Waals surface area contributed by atoms with Gasteiger partial charge in [0.05, 0.1) is 6.21 Å². The van der Waals surface area contributed by atoms with Gasteiger partial charge in [0, 0.05) is 6.54 Å². The number of halogens is 1. The molecule has 176 valence electrons. The predicted octanol–water partition coefficient (Wildman–Crippen LogP) is 3.58. The number of benzene rings is 2. The molecule has 1 aliphatic rings. The van der Waals surface area contributed by atoms with E-state index in [2.05, 4.69) is 5.10 Å². The summed E-state index contributed by atoms with van der Waals surface area (Å²) in [7, 11) is 0. The summed E-state index contributed by atoms with van der Waals surface area (Å²) < 4.78 is 0. The summed E-state index contributed by atoms with van der Waals surface area (Å²) in [5, 5.41) is 13.3. The van der Waals surface area contributed by atoms with Crippen LogP contribution >= 0.6 is 12.4 Å². The maximum absolute atomic E-state index is 13.7. The second-order valence-corrected chi connectivity index (χ2v) is 8.49. The number of hydrogen-bond donors (Lipinski definition) is 2. The molecule has 8 nitrogen and oxygen atoms in total. The highest BCUT2D eigenvalue weighted by molar-refractivity contribution is 6.09. The number of nitrogens with two attached hydrogens (primary N) is 1. The maximum atomic E-state index is 13.7. The molecule has 9 heteroatoms. The van der Waals surface area contributed by atoms with Gasteiger partial charge in [-0.25, -0.2) is 14.5 Å². The van der Waals surface area contributed by atoms with Crippen LogP contribution in [0.25, 0.3) is 0 Å². The minimum atomic E-state index is -1.37. The monoisotopic (exact) mass is 472 g/mol. The number of hydrogen-bond acceptors (Lipinski definition) is 5. The minimum absolute atomic E-state index is 0. The Balaban J connectivity index is 0.00000385. The molecule has 1 saturated heterocycles. The molecule has 33 heavy (non-hydrogen) atoms. The Morgan fingerprint density at radius 1 is 1.12 bits per heavy atom. The van der Waals surface area contributed by atoms with Gasteiger partial charge < -0.3 is 15.8 Å². The Morgan fingerprint density at radius 2 is 1.73 bits per heavy atom. The van der Waals surface area contributed by atoms with Gasteiger partial charge in [0.15, 0.2) is 0 Å². The number of carbonyl (C=O) groups excluding carboxylic acids is 2. The fraction of sp³-hybridized carbons (Fsp3) is 0.333. The van der Waals surface area contributed by atoms with Crippen molar-refractivity contribution in [3.05, 3.63) is 71.3 Å². The summed E-state index contributed by atoms with van der Waals surface area (Å²) >= 11 is 0. The van der Waals surface area contributed by atoms with Crippen molar-refractivity contribution in [2.45, 2.75) is 45.3 Å². The fourth-order valence-corrected chi connectivity index (χ4v) is 4.05. The van der Waals surface area contributed by atoms with Gasteiger partial charge in [-0.15, -0.1) is 12.4 Å². The average Bonchev–Trinajstić information content (AvgIpc) is 2.94. The summed E-state index contributed by atoms with van der Waals surface area (Å²) in [5.74, 6) is 3.46. The summed E-state index contributed by atoms with van der Waals surface area (Å²) in [6, 6.07) is 14.4. The predicted molar refractivity (Wildman–Crippen MR) is 128 cm³/mol. The molecule has 0 bridgehead atoms. The highest BCUT2D eigenvalue weighted by atomic mass is 35.5. The molecular formula is C24H29ClN4O4. The van der Waals surface area contributed by atoms with Crippen molar-refractivity contribution in [1.82, 2.24) is 9.80 Å². The molecule has 3 rings (SSSR count). The lowest BCUT2D eigenvalue weighted by molar-refractivity contribution is -0.148. The normalized spacial score (nSPS) is 19.3. The van der Waals surface area contributed by atoms with Crippen LogP contribution in [0.5, 0.6) is 0 Å². The highest BCUT2D eigenvalue weighted by Gasteiger charge is 2.58. The molecule has 0 aromatic heterocycles. The third-order valence-corrected chi connectivity index (χ3v) is 5.78. The molecule has 0 saturated carbocycles. The second kappa shape index (κ2) is 10.5. The summed E-state index contributed by atoms with van der Waals surface area (Å²) in [5.41, 5.74) is 0.795. The quantitative estimate of drug-likeness (QED) is 0.263. The topological polar surface area (TPSA) is 116 Å². The lowest BCUT2D eigenvalue weighted by Crippen LogP contribution is -2.47. The van der Waals surface area contributed by atoms with Crippen LogP contribution in [0.2, 0.25) is 0 Å². The molecule has 0 unspecified atom stereocenters. The Labute approximate surface area is 199 Å². The number of hydrazone groups is 1. The number of imide groups is 1. The maximum Gasteiger partial charge on any atom is 0.329 e. The van der Waals surface area contributed by atoms with E-state index in [-0.39, 0.29) is 31.3 Å². The second-order valence-electron chi connectivity index (χ2n) is 8.49. The molecule has 0 radical (unpaired) electrons. The van der Waals surface area contributed by atoms with Gasteiger partial charge in [0.25, 0.3) is 5.91 Å². The van der Waals surface area contributed by atoms with Gasteiger partial charge in [-0.2, -0.15) is 5.10 Å². The molecule has 0 aliphatic carbocycles. The lowest BCUT2D eigenvalue weighted by atomic mass is 9.89. The smallest absolute Gasteiger partial charge is 0.329 e. The van der Waals surface area contributed by atoms with Crippen LogP contribution < -0.4 is 5.84 Å². The number of carboxylic acid groups (broad SMARTS) is 1. The van der Waals surface area contributed by atoms with E-state index in [1.165, 1.54) is 11.1 Å². The first-order chi connectivity index (χ1) is 15.2. The van der Waals surface area contributed by atoms with Crippen LogP contribution in [0, 0.1) is 5.92 Å². The molecule has 3 N–H and O–H groups in total. The van der Waals surface area contributed by atoms with E-state index in [4.69, 9.17) is 5.84 Å². The van der Waals surface area contributed by atoms with Crippen molar-refractivity contribution >= 4 is 36.5 Å². The Bertz CT molecular complexity index is 1030. The summed E-state index contributed by atoms with van der Waals surface area (Å²) in [4.78, 5) is 41.7. The lowest BCUT2D eigenvalue weighted by Gasteiger charge is -2.32. The first kappa shape index (κ1) is 25.9. The van der Waals surface area contributed by atoms with Gasteiger partial charge in [0.1, 0.15) is 11.6 Å². The van der Waals surface area contributed by atoms with Crippen LogP contribution in [-0.4, -0.2) is 45.1 Å². The molecule has 0 spiro atoms. The molecule has 3 amide bonds. The van der Waals surface area contributed by atoms with Crippen LogP contribution in [0.4, 0.5) is 4.79 Å².